The summed E-state index contributed by atoms with van der Waals surface area (Å²) in [5.41, 5.74) is -1.81. The fourth-order valence-electron chi connectivity index (χ4n) is 3.31. The molecule has 0 spiro atoms. The van der Waals surface area contributed by atoms with Crippen LogP contribution in [0, 0.1) is 10.1 Å². The number of benzene rings is 1. The Bertz CT molecular complexity index is 874. The zero-order chi connectivity index (χ0) is 21.0. The van der Waals surface area contributed by atoms with Crippen LogP contribution < -0.4 is 5.32 Å². The van der Waals surface area contributed by atoms with Crippen LogP contribution in [0.4, 0.5) is 24.5 Å². The lowest BCUT2D eigenvalue weighted by molar-refractivity contribution is -0.384. The number of halogens is 3. The number of hydrogen-bond acceptors (Lipinski definition) is 6. The number of likely N-dealkylation sites (tertiary alicyclic amines) is 1. The quantitative estimate of drug-likeness (QED) is 0.548. The predicted octanol–water partition coefficient (Wildman–Crippen LogP) is 4.28. The third kappa shape index (κ3) is 5.22. The first kappa shape index (κ1) is 21.0. The topological polar surface area (TPSA) is 88.4 Å². The first-order valence-corrected chi connectivity index (χ1v) is 9.90. The Morgan fingerprint density at radius 1 is 1.41 bits per heavy atom. The Labute approximate surface area is 168 Å². The minimum Gasteiger partial charge on any atom is -0.379 e. The second-order valence-electron chi connectivity index (χ2n) is 6.71. The SMILES string of the molecule is O=C(CCNc1ccc(C(F)(F)F)cc1[N+](=O)[O-])N1CCCC(c2nccs2)C1. The largest absolute Gasteiger partial charge is 0.416 e. The van der Waals surface area contributed by atoms with E-state index in [2.05, 4.69) is 10.3 Å². The van der Waals surface area contributed by atoms with Crippen molar-refractivity contribution in [1.82, 2.24) is 9.88 Å². The van der Waals surface area contributed by atoms with Crippen LogP contribution in [0.15, 0.2) is 29.8 Å². The summed E-state index contributed by atoms with van der Waals surface area (Å²) in [4.78, 5) is 28.8. The van der Waals surface area contributed by atoms with Gasteiger partial charge in [0.15, 0.2) is 0 Å². The normalized spacial score (nSPS) is 17.2. The molecule has 2 heterocycles. The van der Waals surface area contributed by atoms with Gasteiger partial charge in [0.1, 0.15) is 5.69 Å². The Morgan fingerprint density at radius 2 is 2.21 bits per heavy atom. The second kappa shape index (κ2) is 8.76. The number of nitro groups is 1. The summed E-state index contributed by atoms with van der Waals surface area (Å²) in [7, 11) is 0. The van der Waals surface area contributed by atoms with Crippen LogP contribution in [-0.2, 0) is 11.0 Å². The van der Waals surface area contributed by atoms with Crippen LogP contribution in [0.1, 0.15) is 35.8 Å². The van der Waals surface area contributed by atoms with Crippen molar-refractivity contribution in [3.63, 3.8) is 0 Å². The number of hydrogen-bond donors (Lipinski definition) is 1. The number of rotatable bonds is 6. The van der Waals surface area contributed by atoms with E-state index in [4.69, 9.17) is 0 Å². The van der Waals surface area contributed by atoms with Crippen LogP contribution in [0.5, 0.6) is 0 Å². The van der Waals surface area contributed by atoms with Crippen LogP contribution in [0.25, 0.3) is 0 Å². The Hall–Kier alpha value is -2.69. The smallest absolute Gasteiger partial charge is 0.379 e. The number of nitrogens with one attached hydrogen (secondary N) is 1. The maximum Gasteiger partial charge on any atom is 0.416 e. The molecule has 1 fully saturated rings. The maximum absolute atomic E-state index is 12.8. The van der Waals surface area contributed by atoms with Gasteiger partial charge in [-0.3, -0.25) is 14.9 Å². The Kier molecular flexibility index (Phi) is 6.36. The molecule has 0 saturated carbocycles. The van der Waals surface area contributed by atoms with Gasteiger partial charge < -0.3 is 10.2 Å². The van der Waals surface area contributed by atoms with Gasteiger partial charge in [0.25, 0.3) is 5.69 Å². The summed E-state index contributed by atoms with van der Waals surface area (Å²) < 4.78 is 38.3. The summed E-state index contributed by atoms with van der Waals surface area (Å²) in [5.74, 6) is 0.102. The highest BCUT2D eigenvalue weighted by Gasteiger charge is 2.33. The minimum atomic E-state index is -4.67. The fraction of sp³-hybridized carbons (Fsp3) is 0.444. The molecule has 1 unspecified atom stereocenters. The van der Waals surface area contributed by atoms with Crippen LogP contribution in [-0.4, -0.2) is 40.3 Å². The van der Waals surface area contributed by atoms with Gasteiger partial charge in [-0.15, -0.1) is 11.3 Å². The van der Waals surface area contributed by atoms with Gasteiger partial charge in [-0.2, -0.15) is 13.2 Å². The second-order valence-corrected chi connectivity index (χ2v) is 7.64. The van der Waals surface area contributed by atoms with Crippen LogP contribution >= 0.6 is 11.3 Å². The summed E-state index contributed by atoms with van der Waals surface area (Å²) in [6, 6.07) is 2.29. The summed E-state index contributed by atoms with van der Waals surface area (Å²) in [5, 5.41) is 16.7. The molecule has 0 aliphatic carbocycles. The maximum atomic E-state index is 12.8. The zero-order valence-corrected chi connectivity index (χ0v) is 16.1. The molecule has 1 amide bonds. The van der Waals surface area contributed by atoms with E-state index in [1.807, 2.05) is 5.38 Å². The minimum absolute atomic E-state index is 0.0462. The number of amides is 1. The number of alkyl halides is 3. The number of aromatic nitrogens is 1. The van der Waals surface area contributed by atoms with Gasteiger partial charge in [-0.1, -0.05) is 0 Å². The number of carbonyl (C=O) groups excluding carboxylic acids is 1. The number of anilines is 1. The number of nitro benzene ring substituents is 1. The van der Waals surface area contributed by atoms with Crippen molar-refractivity contribution in [2.45, 2.75) is 31.4 Å². The highest BCUT2D eigenvalue weighted by molar-refractivity contribution is 7.09. The number of carbonyl (C=O) groups is 1. The van der Waals surface area contributed by atoms with E-state index in [9.17, 15) is 28.1 Å². The van der Waals surface area contributed by atoms with Crippen molar-refractivity contribution in [3.05, 3.63) is 50.5 Å². The van der Waals surface area contributed by atoms with E-state index < -0.39 is 22.4 Å². The number of thiazole rings is 1. The highest BCUT2D eigenvalue weighted by atomic mass is 32.1. The highest BCUT2D eigenvalue weighted by Crippen LogP contribution is 2.35. The third-order valence-electron chi connectivity index (χ3n) is 4.75. The third-order valence-corrected chi connectivity index (χ3v) is 5.69. The molecule has 1 atom stereocenters. The first-order valence-electron chi connectivity index (χ1n) is 9.02. The van der Waals surface area contributed by atoms with E-state index in [0.29, 0.717) is 19.2 Å². The van der Waals surface area contributed by atoms with Gasteiger partial charge in [-0.25, -0.2) is 4.98 Å². The molecule has 29 heavy (non-hydrogen) atoms. The molecule has 11 heteroatoms. The first-order chi connectivity index (χ1) is 13.8. The lowest BCUT2D eigenvalue weighted by Crippen LogP contribution is -2.39. The van der Waals surface area contributed by atoms with Crippen molar-refractivity contribution in [2.75, 3.05) is 25.0 Å². The van der Waals surface area contributed by atoms with Gasteiger partial charge in [-0.05, 0) is 25.0 Å². The van der Waals surface area contributed by atoms with Crippen molar-refractivity contribution in [2.24, 2.45) is 0 Å². The van der Waals surface area contributed by atoms with Crippen molar-refractivity contribution >= 4 is 28.6 Å². The van der Waals surface area contributed by atoms with Crippen molar-refractivity contribution in [1.29, 1.82) is 0 Å². The van der Waals surface area contributed by atoms with E-state index in [1.54, 1.807) is 22.4 Å². The standard InChI is InChI=1S/C18H19F3N4O3S/c19-18(20,21)13-3-4-14(15(10-13)25(27)28)22-6-5-16(26)24-8-1-2-12(11-24)17-23-7-9-29-17/h3-4,7,9-10,12,22H,1-2,5-6,8,11H2. The van der Waals surface area contributed by atoms with E-state index in [-0.39, 0.29) is 30.5 Å². The van der Waals surface area contributed by atoms with Gasteiger partial charge >= 0.3 is 6.18 Å². The number of nitrogens with zero attached hydrogens (tertiary/aromatic N) is 3. The molecule has 3 rings (SSSR count). The molecule has 1 aliphatic rings. The molecule has 1 N–H and O–H groups in total. The van der Waals surface area contributed by atoms with Gasteiger partial charge in [0.2, 0.25) is 5.91 Å². The fourth-order valence-corrected chi connectivity index (χ4v) is 4.08. The molecule has 2 aromatic rings. The van der Waals surface area contributed by atoms with Gasteiger partial charge in [0.05, 0.1) is 15.5 Å². The molecule has 0 bridgehead atoms. The Morgan fingerprint density at radius 3 is 2.86 bits per heavy atom. The lowest BCUT2D eigenvalue weighted by Gasteiger charge is -2.32. The molecule has 1 aromatic carbocycles. The van der Waals surface area contributed by atoms with E-state index >= 15 is 0 Å². The summed E-state index contributed by atoms with van der Waals surface area (Å²) in [6.07, 6.45) is -1.01. The molecule has 1 aromatic heterocycles. The molecular formula is C18H19F3N4O3S. The average molecular weight is 428 g/mol. The van der Waals surface area contributed by atoms with Crippen LogP contribution in [0.3, 0.4) is 0 Å². The van der Waals surface area contributed by atoms with Crippen molar-refractivity contribution in [3.8, 4) is 0 Å². The lowest BCUT2D eigenvalue weighted by atomic mass is 9.98. The van der Waals surface area contributed by atoms with E-state index in [1.165, 1.54) is 0 Å². The van der Waals surface area contributed by atoms with Crippen molar-refractivity contribution < 1.29 is 22.9 Å². The zero-order valence-electron chi connectivity index (χ0n) is 15.3. The summed E-state index contributed by atoms with van der Waals surface area (Å²) >= 11 is 1.56. The van der Waals surface area contributed by atoms with Gasteiger partial charge in [0, 0.05) is 49.6 Å². The van der Waals surface area contributed by atoms with Crippen LogP contribution in [0.2, 0.25) is 0 Å². The monoisotopic (exact) mass is 428 g/mol. The number of piperidine rings is 1. The molecule has 1 saturated heterocycles. The molecule has 0 radical (unpaired) electrons. The average Bonchev–Trinajstić information content (AvgIpc) is 3.22. The molecule has 1 aliphatic heterocycles. The van der Waals surface area contributed by atoms with E-state index in [0.717, 1.165) is 30.0 Å². The molecule has 156 valence electrons. The molecule has 7 nitrogen and oxygen atoms in total. The summed E-state index contributed by atoms with van der Waals surface area (Å²) in [6.45, 7) is 1.30. The Balaban J connectivity index is 1.58. The molecular weight excluding hydrogens is 409 g/mol. The predicted molar refractivity (Wildman–Crippen MR) is 102 cm³/mol.